The normalized spacial score (nSPS) is 28.1. The molecular formula is C15H29NO. The molecule has 0 aliphatic carbocycles. The van der Waals surface area contributed by atoms with E-state index in [1.807, 2.05) is 0 Å². The monoisotopic (exact) mass is 239 g/mol. The van der Waals surface area contributed by atoms with Crippen molar-refractivity contribution in [2.24, 2.45) is 5.41 Å². The van der Waals surface area contributed by atoms with Crippen LogP contribution in [-0.2, 0) is 4.74 Å². The molecule has 2 aliphatic rings. The molecule has 2 saturated heterocycles. The third-order valence-corrected chi connectivity index (χ3v) is 5.48. The van der Waals surface area contributed by atoms with Gasteiger partial charge in [0.2, 0.25) is 0 Å². The number of ether oxygens (including phenoxy) is 1. The Morgan fingerprint density at radius 2 is 1.71 bits per heavy atom. The van der Waals surface area contributed by atoms with Gasteiger partial charge in [0.25, 0.3) is 0 Å². The minimum atomic E-state index is 0.389. The van der Waals surface area contributed by atoms with Crippen molar-refractivity contribution in [3.05, 3.63) is 0 Å². The van der Waals surface area contributed by atoms with Crippen LogP contribution in [0.25, 0.3) is 0 Å². The fourth-order valence-corrected chi connectivity index (χ4v) is 3.77. The highest BCUT2D eigenvalue weighted by molar-refractivity contribution is 5.02. The molecule has 2 rings (SSSR count). The predicted octanol–water partition coefficient (Wildman–Crippen LogP) is 3.46. The molecule has 0 saturated carbocycles. The van der Waals surface area contributed by atoms with E-state index in [4.69, 9.17) is 4.74 Å². The lowest BCUT2D eigenvalue weighted by atomic mass is 9.74. The van der Waals surface area contributed by atoms with Crippen molar-refractivity contribution in [2.75, 3.05) is 19.8 Å². The summed E-state index contributed by atoms with van der Waals surface area (Å²) in [5.41, 5.74) is 0.993. The zero-order valence-corrected chi connectivity index (χ0v) is 12.1. The van der Waals surface area contributed by atoms with Gasteiger partial charge in [0.15, 0.2) is 0 Å². The molecule has 0 radical (unpaired) electrons. The Labute approximate surface area is 107 Å². The highest BCUT2D eigenvalue weighted by Crippen LogP contribution is 2.45. The van der Waals surface area contributed by atoms with Gasteiger partial charge < -0.3 is 4.74 Å². The number of hydrogen-bond donors (Lipinski definition) is 0. The van der Waals surface area contributed by atoms with Gasteiger partial charge in [-0.25, -0.2) is 0 Å². The van der Waals surface area contributed by atoms with Gasteiger partial charge in [-0.1, -0.05) is 26.7 Å². The summed E-state index contributed by atoms with van der Waals surface area (Å²) in [5.74, 6) is 0. The van der Waals surface area contributed by atoms with Crippen LogP contribution in [-0.4, -0.2) is 36.2 Å². The van der Waals surface area contributed by atoms with Crippen LogP contribution in [0.4, 0.5) is 0 Å². The molecule has 17 heavy (non-hydrogen) atoms. The highest BCUT2D eigenvalue weighted by Gasteiger charge is 2.48. The molecular weight excluding hydrogens is 210 g/mol. The Balaban J connectivity index is 2.14. The molecule has 0 bridgehead atoms. The Kier molecular flexibility index (Phi) is 3.84. The van der Waals surface area contributed by atoms with Gasteiger partial charge >= 0.3 is 0 Å². The molecule has 100 valence electrons. The summed E-state index contributed by atoms with van der Waals surface area (Å²) < 4.78 is 5.55. The van der Waals surface area contributed by atoms with E-state index in [2.05, 4.69) is 32.6 Å². The van der Waals surface area contributed by atoms with Crippen molar-refractivity contribution in [1.82, 2.24) is 4.90 Å². The highest BCUT2D eigenvalue weighted by atomic mass is 16.5. The molecule has 0 aromatic rings. The first kappa shape index (κ1) is 13.4. The Morgan fingerprint density at radius 3 is 2.12 bits per heavy atom. The van der Waals surface area contributed by atoms with E-state index in [0.29, 0.717) is 17.0 Å². The Hall–Kier alpha value is -0.0800. The van der Waals surface area contributed by atoms with E-state index >= 15 is 0 Å². The average Bonchev–Trinajstić information content (AvgIpc) is 2.45. The molecule has 0 atom stereocenters. The van der Waals surface area contributed by atoms with Crippen LogP contribution < -0.4 is 0 Å². The van der Waals surface area contributed by atoms with Crippen LogP contribution >= 0.6 is 0 Å². The van der Waals surface area contributed by atoms with Crippen LogP contribution in [0.3, 0.4) is 0 Å². The summed E-state index contributed by atoms with van der Waals surface area (Å²) >= 11 is 0. The molecule has 2 heterocycles. The Bertz CT molecular complexity index is 254. The van der Waals surface area contributed by atoms with Crippen molar-refractivity contribution >= 4 is 0 Å². The van der Waals surface area contributed by atoms with Gasteiger partial charge in [-0.2, -0.15) is 0 Å². The molecule has 2 aliphatic heterocycles. The second-order valence-electron chi connectivity index (χ2n) is 6.46. The fourth-order valence-electron chi connectivity index (χ4n) is 3.77. The van der Waals surface area contributed by atoms with E-state index in [9.17, 15) is 0 Å². The number of likely N-dealkylation sites (tertiary alicyclic amines) is 1. The second-order valence-corrected chi connectivity index (χ2v) is 6.46. The summed E-state index contributed by atoms with van der Waals surface area (Å²) in [5, 5.41) is 0. The third-order valence-electron chi connectivity index (χ3n) is 5.48. The lowest BCUT2D eigenvalue weighted by Crippen LogP contribution is -2.63. The number of rotatable bonds is 3. The summed E-state index contributed by atoms with van der Waals surface area (Å²) in [7, 11) is 0. The SMILES string of the molecule is CCC1(CC)CCN(C(C)C)C2(CC1)COC2. The lowest BCUT2D eigenvalue weighted by molar-refractivity contribution is -0.150. The largest absolute Gasteiger partial charge is 0.377 e. The van der Waals surface area contributed by atoms with Gasteiger partial charge in [0.1, 0.15) is 0 Å². The van der Waals surface area contributed by atoms with Crippen molar-refractivity contribution in [1.29, 1.82) is 0 Å². The molecule has 1 spiro atoms. The minimum absolute atomic E-state index is 0.389. The van der Waals surface area contributed by atoms with Crippen LogP contribution in [0.1, 0.15) is 59.8 Å². The van der Waals surface area contributed by atoms with Gasteiger partial charge in [-0.3, -0.25) is 4.90 Å². The Morgan fingerprint density at radius 1 is 1.06 bits per heavy atom. The van der Waals surface area contributed by atoms with Crippen molar-refractivity contribution in [3.8, 4) is 0 Å². The zero-order chi connectivity index (χ0) is 12.5. The van der Waals surface area contributed by atoms with Crippen molar-refractivity contribution in [2.45, 2.75) is 71.4 Å². The van der Waals surface area contributed by atoms with Gasteiger partial charge in [0.05, 0.1) is 18.8 Å². The topological polar surface area (TPSA) is 12.5 Å². The maximum Gasteiger partial charge on any atom is 0.0681 e. The van der Waals surface area contributed by atoms with E-state index in [0.717, 1.165) is 13.2 Å². The summed E-state index contributed by atoms with van der Waals surface area (Å²) in [6.45, 7) is 12.6. The van der Waals surface area contributed by atoms with Crippen LogP contribution in [0.2, 0.25) is 0 Å². The van der Waals surface area contributed by atoms with Gasteiger partial charge in [-0.05, 0) is 45.1 Å². The van der Waals surface area contributed by atoms with E-state index in [1.54, 1.807) is 0 Å². The van der Waals surface area contributed by atoms with Crippen molar-refractivity contribution in [3.63, 3.8) is 0 Å². The molecule has 2 fully saturated rings. The standard InChI is InChI=1S/C15H29NO/c1-5-14(6-2)7-8-15(11-17-12-15)16(10-9-14)13(3)4/h13H,5-12H2,1-4H3. The molecule has 2 heteroatoms. The maximum absolute atomic E-state index is 5.55. The lowest BCUT2D eigenvalue weighted by Gasteiger charge is -2.51. The average molecular weight is 239 g/mol. The third kappa shape index (κ3) is 2.26. The minimum Gasteiger partial charge on any atom is -0.377 e. The van der Waals surface area contributed by atoms with Crippen LogP contribution in [0, 0.1) is 5.41 Å². The first-order valence-corrected chi connectivity index (χ1v) is 7.42. The van der Waals surface area contributed by atoms with Crippen LogP contribution in [0.5, 0.6) is 0 Å². The molecule has 0 unspecified atom stereocenters. The molecule has 2 nitrogen and oxygen atoms in total. The smallest absolute Gasteiger partial charge is 0.0681 e. The number of nitrogens with zero attached hydrogens (tertiary/aromatic N) is 1. The first-order valence-electron chi connectivity index (χ1n) is 7.42. The summed E-state index contributed by atoms with van der Waals surface area (Å²) in [4.78, 5) is 2.73. The zero-order valence-electron chi connectivity index (χ0n) is 12.1. The van der Waals surface area contributed by atoms with Gasteiger partial charge in [0, 0.05) is 6.04 Å². The number of hydrogen-bond acceptors (Lipinski definition) is 2. The van der Waals surface area contributed by atoms with E-state index in [1.165, 1.54) is 38.6 Å². The van der Waals surface area contributed by atoms with E-state index in [-0.39, 0.29) is 0 Å². The van der Waals surface area contributed by atoms with E-state index < -0.39 is 0 Å². The van der Waals surface area contributed by atoms with Crippen LogP contribution in [0.15, 0.2) is 0 Å². The summed E-state index contributed by atoms with van der Waals surface area (Å²) in [6.07, 6.45) is 6.79. The van der Waals surface area contributed by atoms with Gasteiger partial charge in [-0.15, -0.1) is 0 Å². The second kappa shape index (κ2) is 4.89. The van der Waals surface area contributed by atoms with Crippen molar-refractivity contribution < 1.29 is 4.74 Å². The predicted molar refractivity (Wildman–Crippen MR) is 72.3 cm³/mol. The first-order chi connectivity index (χ1) is 8.07. The molecule has 0 N–H and O–H groups in total. The maximum atomic E-state index is 5.55. The molecule has 0 aromatic heterocycles. The molecule has 0 amide bonds. The molecule has 0 aromatic carbocycles. The quantitative estimate of drug-likeness (QED) is 0.748. The summed E-state index contributed by atoms with van der Waals surface area (Å²) in [6, 6.07) is 0.656. The fraction of sp³-hybridized carbons (Fsp3) is 1.00.